The van der Waals surface area contributed by atoms with E-state index < -0.39 is 11.2 Å². The second kappa shape index (κ2) is 4.31. The monoisotopic (exact) mass is 289 g/mol. The van der Waals surface area contributed by atoms with Crippen molar-refractivity contribution in [1.29, 1.82) is 0 Å². The predicted octanol–water partition coefficient (Wildman–Crippen LogP) is 0.748. The van der Waals surface area contributed by atoms with Crippen LogP contribution < -0.4 is 16.8 Å². The van der Waals surface area contributed by atoms with Gasteiger partial charge in [0.05, 0.1) is 10.2 Å². The van der Waals surface area contributed by atoms with Gasteiger partial charge < -0.3 is 4.57 Å². The Morgan fingerprint density at radius 3 is 2.65 bits per heavy atom. The number of rotatable bonds is 1. The molecular formula is C13H11N3O3S. The molecule has 0 saturated carbocycles. The number of nitrogens with zero attached hydrogens (tertiary/aromatic N) is 2. The van der Waals surface area contributed by atoms with E-state index in [-0.39, 0.29) is 11.2 Å². The van der Waals surface area contributed by atoms with Crippen molar-refractivity contribution < 1.29 is 0 Å². The molecule has 0 saturated heterocycles. The fraction of sp³-hybridized carbons (Fsp3) is 0.154. The highest BCUT2D eigenvalue weighted by Gasteiger charge is 2.15. The molecule has 0 aromatic carbocycles. The van der Waals surface area contributed by atoms with Crippen LogP contribution in [0.4, 0.5) is 0 Å². The lowest BCUT2D eigenvalue weighted by atomic mass is 10.2. The summed E-state index contributed by atoms with van der Waals surface area (Å²) < 4.78 is 3.63. The molecule has 0 atom stereocenters. The number of aromatic amines is 1. The van der Waals surface area contributed by atoms with Gasteiger partial charge >= 0.3 is 5.69 Å². The number of hydrogen-bond acceptors (Lipinski definition) is 4. The molecule has 0 radical (unpaired) electrons. The van der Waals surface area contributed by atoms with Crippen LogP contribution in [0, 0.1) is 6.92 Å². The Morgan fingerprint density at radius 2 is 1.95 bits per heavy atom. The van der Waals surface area contributed by atoms with Gasteiger partial charge in [-0.15, -0.1) is 11.3 Å². The smallest absolute Gasteiger partial charge is 0.309 e. The van der Waals surface area contributed by atoms with Crippen molar-refractivity contribution in [2.45, 2.75) is 6.92 Å². The topological polar surface area (TPSA) is 76.9 Å². The number of hydrogen-bond donors (Lipinski definition) is 1. The Bertz CT molecular complexity index is 990. The number of aryl methyl sites for hydroxylation is 2. The molecule has 0 fully saturated rings. The van der Waals surface area contributed by atoms with Crippen molar-refractivity contribution in [3.63, 3.8) is 0 Å². The molecule has 0 aliphatic heterocycles. The average molecular weight is 289 g/mol. The molecule has 1 N–H and O–H groups in total. The van der Waals surface area contributed by atoms with Crippen LogP contribution >= 0.6 is 11.3 Å². The van der Waals surface area contributed by atoms with Gasteiger partial charge in [-0.1, -0.05) is 0 Å². The van der Waals surface area contributed by atoms with Gasteiger partial charge in [0.25, 0.3) is 11.1 Å². The van der Waals surface area contributed by atoms with Gasteiger partial charge in [0.15, 0.2) is 0 Å². The van der Waals surface area contributed by atoms with Gasteiger partial charge in [0.1, 0.15) is 5.69 Å². The molecule has 3 aromatic rings. The molecule has 0 bridgehead atoms. The fourth-order valence-electron chi connectivity index (χ4n) is 2.26. The minimum absolute atomic E-state index is 0.267. The molecule has 7 heteroatoms. The summed E-state index contributed by atoms with van der Waals surface area (Å²) in [7, 11) is 1.66. The van der Waals surface area contributed by atoms with Crippen LogP contribution in [0.5, 0.6) is 0 Å². The summed E-state index contributed by atoms with van der Waals surface area (Å²) in [6.45, 7) is 1.80. The number of thiophene rings is 1. The lowest BCUT2D eigenvalue weighted by Crippen LogP contribution is -2.33. The molecule has 3 rings (SSSR count). The van der Waals surface area contributed by atoms with E-state index in [1.54, 1.807) is 14.0 Å². The second-order valence-corrected chi connectivity index (χ2v) is 5.37. The van der Waals surface area contributed by atoms with Crippen LogP contribution in [0.2, 0.25) is 0 Å². The predicted molar refractivity (Wildman–Crippen MR) is 78.0 cm³/mol. The summed E-state index contributed by atoms with van der Waals surface area (Å²) in [6.07, 6.45) is 1.32. The first-order chi connectivity index (χ1) is 9.50. The highest BCUT2D eigenvalue weighted by Crippen LogP contribution is 2.25. The Morgan fingerprint density at radius 1 is 1.20 bits per heavy atom. The van der Waals surface area contributed by atoms with Crippen LogP contribution in [0.15, 0.2) is 38.1 Å². The number of aromatic nitrogens is 3. The van der Waals surface area contributed by atoms with Crippen molar-refractivity contribution in [2.75, 3.05) is 0 Å². The molecule has 0 aliphatic rings. The summed E-state index contributed by atoms with van der Waals surface area (Å²) >= 11 is 1.51. The summed E-state index contributed by atoms with van der Waals surface area (Å²) in [6, 6.07) is 3.09. The number of nitrogens with one attached hydrogen (secondary N) is 1. The fourth-order valence-corrected chi connectivity index (χ4v) is 3.19. The molecule has 3 aromatic heterocycles. The van der Waals surface area contributed by atoms with Gasteiger partial charge in [-0.2, -0.15) is 0 Å². The summed E-state index contributed by atoms with van der Waals surface area (Å²) in [5.41, 5.74) is 0.448. The largest absolute Gasteiger partial charge is 0.333 e. The van der Waals surface area contributed by atoms with E-state index in [0.29, 0.717) is 0 Å². The zero-order valence-electron chi connectivity index (χ0n) is 10.8. The maximum absolute atomic E-state index is 12.5. The quantitative estimate of drug-likeness (QED) is 0.718. The zero-order chi connectivity index (χ0) is 14.4. The van der Waals surface area contributed by atoms with Crippen molar-refractivity contribution in [1.82, 2.24) is 14.1 Å². The highest BCUT2D eigenvalue weighted by molar-refractivity contribution is 7.17. The summed E-state index contributed by atoms with van der Waals surface area (Å²) in [5, 5.41) is 1.90. The van der Waals surface area contributed by atoms with Crippen LogP contribution in [0.1, 0.15) is 5.56 Å². The normalized spacial score (nSPS) is 11.1. The standard InChI is InChI=1S/C13H11N3O3S/c1-7-10(16-5-3-9(17)14-13(16)19)12(18)15(2)8-4-6-20-11(7)8/h3-6H,1-2H3,(H,14,17,19). The lowest BCUT2D eigenvalue weighted by molar-refractivity contribution is 0.833. The Balaban J connectivity index is 2.51. The second-order valence-electron chi connectivity index (χ2n) is 4.45. The number of pyridine rings is 1. The van der Waals surface area contributed by atoms with Crippen molar-refractivity contribution in [3.05, 3.63) is 60.5 Å². The van der Waals surface area contributed by atoms with E-state index in [1.807, 2.05) is 11.4 Å². The SMILES string of the molecule is Cc1c(-n2ccc(=O)[nH]c2=O)c(=O)n(C)c2ccsc12. The molecule has 102 valence electrons. The molecule has 20 heavy (non-hydrogen) atoms. The van der Waals surface area contributed by atoms with E-state index >= 15 is 0 Å². The molecule has 0 spiro atoms. The molecular weight excluding hydrogens is 278 g/mol. The lowest BCUT2D eigenvalue weighted by Gasteiger charge is -2.11. The van der Waals surface area contributed by atoms with Gasteiger partial charge in [-0.3, -0.25) is 19.1 Å². The minimum Gasteiger partial charge on any atom is -0.309 e. The van der Waals surface area contributed by atoms with E-state index in [0.717, 1.165) is 15.8 Å². The third-order valence-electron chi connectivity index (χ3n) is 3.27. The van der Waals surface area contributed by atoms with Crippen LogP contribution in [-0.4, -0.2) is 14.1 Å². The minimum atomic E-state index is -0.617. The van der Waals surface area contributed by atoms with Crippen LogP contribution in [-0.2, 0) is 7.05 Å². The highest BCUT2D eigenvalue weighted by atomic mass is 32.1. The van der Waals surface area contributed by atoms with E-state index in [4.69, 9.17) is 0 Å². The number of H-pyrrole nitrogens is 1. The Kier molecular flexibility index (Phi) is 2.72. The third-order valence-corrected chi connectivity index (χ3v) is 4.30. The average Bonchev–Trinajstić information content (AvgIpc) is 2.88. The van der Waals surface area contributed by atoms with Crippen LogP contribution in [0.3, 0.4) is 0 Å². The molecule has 0 unspecified atom stereocenters. The van der Waals surface area contributed by atoms with E-state index in [1.165, 1.54) is 32.7 Å². The first kappa shape index (κ1) is 12.6. The molecule has 0 aliphatic carbocycles. The molecule has 3 heterocycles. The zero-order valence-corrected chi connectivity index (χ0v) is 11.7. The molecule has 0 amide bonds. The van der Waals surface area contributed by atoms with Gasteiger partial charge in [-0.25, -0.2) is 4.79 Å². The van der Waals surface area contributed by atoms with Crippen molar-refractivity contribution in [3.8, 4) is 5.69 Å². The summed E-state index contributed by atoms with van der Waals surface area (Å²) in [5.74, 6) is 0. The Labute approximate surface area is 116 Å². The maximum Gasteiger partial charge on any atom is 0.333 e. The molecule has 6 nitrogen and oxygen atoms in total. The maximum atomic E-state index is 12.5. The first-order valence-corrected chi connectivity index (χ1v) is 6.78. The van der Waals surface area contributed by atoms with E-state index in [9.17, 15) is 14.4 Å². The van der Waals surface area contributed by atoms with Gasteiger partial charge in [0, 0.05) is 19.3 Å². The Hall–Kier alpha value is -2.41. The van der Waals surface area contributed by atoms with E-state index in [2.05, 4.69) is 4.98 Å². The first-order valence-electron chi connectivity index (χ1n) is 5.90. The van der Waals surface area contributed by atoms with Crippen molar-refractivity contribution in [2.24, 2.45) is 7.05 Å². The number of fused-ring (bicyclic) bond motifs is 1. The van der Waals surface area contributed by atoms with Gasteiger partial charge in [-0.05, 0) is 23.9 Å². The van der Waals surface area contributed by atoms with Gasteiger partial charge in [0.2, 0.25) is 0 Å². The third kappa shape index (κ3) is 1.67. The summed E-state index contributed by atoms with van der Waals surface area (Å²) in [4.78, 5) is 37.6. The van der Waals surface area contributed by atoms with Crippen LogP contribution in [0.25, 0.3) is 15.9 Å². The van der Waals surface area contributed by atoms with Crippen molar-refractivity contribution >= 4 is 21.6 Å².